The Kier molecular flexibility index (Phi) is 5.56. The van der Waals surface area contributed by atoms with Gasteiger partial charge >= 0.3 is 0 Å². The van der Waals surface area contributed by atoms with Crippen LogP contribution in [0.2, 0.25) is 0 Å². The van der Waals surface area contributed by atoms with Gasteiger partial charge in [0.2, 0.25) is 0 Å². The molecular weight excluding hydrogens is 388 g/mol. The van der Waals surface area contributed by atoms with Gasteiger partial charge in [0.15, 0.2) is 5.76 Å². The number of nitrogens with one attached hydrogen (secondary N) is 1. The van der Waals surface area contributed by atoms with Gasteiger partial charge in [0.05, 0.1) is 19.1 Å². The summed E-state index contributed by atoms with van der Waals surface area (Å²) < 4.78 is 12.9. The average Bonchev–Trinajstić information content (AvgIpc) is 3.50. The van der Waals surface area contributed by atoms with Gasteiger partial charge in [-0.15, -0.1) is 0 Å². The Bertz CT molecular complexity index is 1110. The first-order chi connectivity index (χ1) is 15.3. The monoisotopic (exact) mass is 414 g/mol. The van der Waals surface area contributed by atoms with Crippen LogP contribution in [0.1, 0.15) is 5.56 Å². The normalized spacial score (nSPS) is 14.6. The van der Waals surface area contributed by atoms with Gasteiger partial charge in [-0.25, -0.2) is 4.68 Å². The minimum Gasteiger partial charge on any atom is -0.497 e. The number of piperazine rings is 1. The van der Waals surface area contributed by atoms with Crippen LogP contribution in [-0.4, -0.2) is 48.0 Å². The average molecular weight is 415 g/mol. The second-order valence-corrected chi connectivity index (χ2v) is 7.73. The Labute approximate surface area is 182 Å². The SMILES string of the molecule is COc1ccc(-c2ccc(-n3cc(CN4CCNCC4)c(-c4ccco4)n3)cc2)cc1. The molecular formula is C25H26N4O2. The summed E-state index contributed by atoms with van der Waals surface area (Å²) in [5.41, 5.74) is 5.42. The van der Waals surface area contributed by atoms with Crippen molar-refractivity contribution in [2.45, 2.75) is 6.54 Å². The molecule has 0 bridgehead atoms. The zero-order valence-electron chi connectivity index (χ0n) is 17.6. The van der Waals surface area contributed by atoms with Gasteiger partial charge in [-0.2, -0.15) is 5.10 Å². The van der Waals surface area contributed by atoms with Gasteiger partial charge in [-0.05, 0) is 47.5 Å². The number of rotatable bonds is 6. The van der Waals surface area contributed by atoms with Crippen LogP contribution >= 0.6 is 0 Å². The van der Waals surface area contributed by atoms with E-state index in [0.717, 1.165) is 66.7 Å². The van der Waals surface area contributed by atoms with Crippen LogP contribution in [0.25, 0.3) is 28.3 Å². The van der Waals surface area contributed by atoms with Gasteiger partial charge in [-0.3, -0.25) is 4.90 Å². The summed E-state index contributed by atoms with van der Waals surface area (Å²) in [7, 11) is 1.68. The summed E-state index contributed by atoms with van der Waals surface area (Å²) in [6.45, 7) is 4.99. The van der Waals surface area contributed by atoms with Crippen LogP contribution in [0, 0.1) is 0 Å². The largest absolute Gasteiger partial charge is 0.497 e. The van der Waals surface area contributed by atoms with Crippen molar-refractivity contribution in [3.63, 3.8) is 0 Å². The molecule has 31 heavy (non-hydrogen) atoms. The van der Waals surface area contributed by atoms with E-state index in [9.17, 15) is 0 Å². The number of nitrogens with zero attached hydrogens (tertiary/aromatic N) is 3. The Morgan fingerprint density at radius 3 is 2.32 bits per heavy atom. The van der Waals surface area contributed by atoms with Gasteiger partial charge in [0.25, 0.3) is 0 Å². The van der Waals surface area contributed by atoms with Gasteiger partial charge in [-0.1, -0.05) is 24.3 Å². The van der Waals surface area contributed by atoms with Crippen molar-refractivity contribution in [1.29, 1.82) is 0 Å². The third-order valence-electron chi connectivity index (χ3n) is 5.70. The lowest BCUT2D eigenvalue weighted by Crippen LogP contribution is -2.42. The highest BCUT2D eigenvalue weighted by Gasteiger charge is 2.18. The topological polar surface area (TPSA) is 55.5 Å². The maximum atomic E-state index is 5.68. The third-order valence-corrected chi connectivity index (χ3v) is 5.70. The van der Waals surface area contributed by atoms with E-state index in [1.165, 1.54) is 5.56 Å². The van der Waals surface area contributed by atoms with Crippen molar-refractivity contribution in [3.8, 4) is 34.0 Å². The molecule has 158 valence electrons. The molecule has 1 saturated heterocycles. The summed E-state index contributed by atoms with van der Waals surface area (Å²) in [4.78, 5) is 2.46. The highest BCUT2D eigenvalue weighted by Crippen LogP contribution is 2.27. The number of ether oxygens (including phenoxy) is 1. The van der Waals surface area contributed by atoms with E-state index in [-0.39, 0.29) is 0 Å². The number of hydrogen-bond donors (Lipinski definition) is 1. The Hall–Kier alpha value is -3.35. The van der Waals surface area contributed by atoms with Crippen LogP contribution < -0.4 is 10.1 Å². The van der Waals surface area contributed by atoms with Crippen LogP contribution in [0.15, 0.2) is 77.5 Å². The highest BCUT2D eigenvalue weighted by molar-refractivity contribution is 5.65. The molecule has 0 saturated carbocycles. The molecule has 3 heterocycles. The van der Waals surface area contributed by atoms with Gasteiger partial charge < -0.3 is 14.5 Å². The second kappa shape index (κ2) is 8.79. The Morgan fingerprint density at radius 2 is 1.68 bits per heavy atom. The molecule has 2 aromatic carbocycles. The molecule has 0 spiro atoms. The smallest absolute Gasteiger partial charge is 0.154 e. The summed E-state index contributed by atoms with van der Waals surface area (Å²) in [6, 6.07) is 20.4. The van der Waals surface area contributed by atoms with E-state index in [1.807, 2.05) is 28.9 Å². The maximum Gasteiger partial charge on any atom is 0.154 e. The number of benzene rings is 2. The quantitative estimate of drug-likeness (QED) is 0.512. The Balaban J connectivity index is 1.43. The molecule has 1 fully saturated rings. The summed E-state index contributed by atoms with van der Waals surface area (Å²) in [6.07, 6.45) is 3.83. The minimum absolute atomic E-state index is 0.804. The summed E-state index contributed by atoms with van der Waals surface area (Å²) in [5, 5.41) is 8.29. The van der Waals surface area contributed by atoms with Crippen molar-refractivity contribution < 1.29 is 9.15 Å². The van der Waals surface area contributed by atoms with E-state index in [4.69, 9.17) is 14.3 Å². The molecule has 1 aliphatic heterocycles. The maximum absolute atomic E-state index is 5.68. The molecule has 4 aromatic rings. The molecule has 0 unspecified atom stereocenters. The number of furan rings is 1. The lowest BCUT2D eigenvalue weighted by Gasteiger charge is -2.26. The first-order valence-electron chi connectivity index (χ1n) is 10.6. The second-order valence-electron chi connectivity index (χ2n) is 7.73. The lowest BCUT2D eigenvalue weighted by atomic mass is 10.1. The molecule has 0 aliphatic carbocycles. The third kappa shape index (κ3) is 4.26. The van der Waals surface area contributed by atoms with Crippen LogP contribution in [0.5, 0.6) is 5.75 Å². The first kappa shape index (κ1) is 19.6. The molecule has 6 heteroatoms. The van der Waals surface area contributed by atoms with Crippen molar-refractivity contribution in [1.82, 2.24) is 20.0 Å². The van der Waals surface area contributed by atoms with Crippen LogP contribution in [0.3, 0.4) is 0 Å². The fourth-order valence-electron chi connectivity index (χ4n) is 3.98. The predicted molar refractivity (Wildman–Crippen MR) is 121 cm³/mol. The Morgan fingerprint density at radius 1 is 0.968 bits per heavy atom. The summed E-state index contributed by atoms with van der Waals surface area (Å²) >= 11 is 0. The van der Waals surface area contributed by atoms with E-state index in [0.29, 0.717) is 0 Å². The minimum atomic E-state index is 0.804. The van der Waals surface area contributed by atoms with Gasteiger partial charge in [0.1, 0.15) is 11.4 Å². The van der Waals surface area contributed by atoms with E-state index < -0.39 is 0 Å². The zero-order valence-corrected chi connectivity index (χ0v) is 17.6. The molecule has 0 radical (unpaired) electrons. The fourth-order valence-corrected chi connectivity index (χ4v) is 3.98. The van der Waals surface area contributed by atoms with Crippen molar-refractivity contribution in [3.05, 3.63) is 78.7 Å². The predicted octanol–water partition coefficient (Wildman–Crippen LogP) is 4.21. The molecule has 2 aromatic heterocycles. The number of methoxy groups -OCH3 is 1. The van der Waals surface area contributed by atoms with Crippen molar-refractivity contribution in [2.75, 3.05) is 33.3 Å². The molecule has 0 atom stereocenters. The number of hydrogen-bond acceptors (Lipinski definition) is 5. The molecule has 5 rings (SSSR count). The zero-order chi connectivity index (χ0) is 21.0. The molecule has 1 N–H and O–H groups in total. The van der Waals surface area contributed by atoms with E-state index in [1.54, 1.807) is 13.4 Å². The van der Waals surface area contributed by atoms with Crippen LogP contribution in [0.4, 0.5) is 0 Å². The van der Waals surface area contributed by atoms with Crippen molar-refractivity contribution >= 4 is 0 Å². The lowest BCUT2D eigenvalue weighted by molar-refractivity contribution is 0.233. The molecule has 1 aliphatic rings. The standard InChI is InChI=1S/C25H26N4O2/c1-30-23-10-6-20(7-11-23)19-4-8-22(9-5-19)29-18-21(17-28-14-12-26-13-15-28)25(27-29)24-3-2-16-31-24/h2-11,16,18,26H,12-15,17H2,1H3. The van der Waals surface area contributed by atoms with E-state index in [2.05, 4.69) is 52.8 Å². The van der Waals surface area contributed by atoms with Gasteiger partial charge in [0, 0.05) is 44.5 Å². The summed E-state index contributed by atoms with van der Waals surface area (Å²) in [5.74, 6) is 1.66. The fraction of sp³-hybridized carbons (Fsp3) is 0.240. The molecule has 0 amide bonds. The number of aromatic nitrogens is 2. The van der Waals surface area contributed by atoms with Crippen LogP contribution in [-0.2, 0) is 6.54 Å². The molecule has 6 nitrogen and oxygen atoms in total. The van der Waals surface area contributed by atoms with Crippen molar-refractivity contribution in [2.24, 2.45) is 0 Å². The first-order valence-corrected chi connectivity index (χ1v) is 10.6. The highest BCUT2D eigenvalue weighted by atomic mass is 16.5. The van der Waals surface area contributed by atoms with E-state index >= 15 is 0 Å².